The number of amides is 2. The summed E-state index contributed by atoms with van der Waals surface area (Å²) in [6.45, 7) is 2.21. The Kier molecular flexibility index (Phi) is 2.64. The molecule has 1 saturated heterocycles. The molecule has 0 radical (unpaired) electrons. The number of nitrogens with zero attached hydrogens (tertiary/aromatic N) is 1. The van der Waals surface area contributed by atoms with Crippen LogP contribution in [0.2, 0.25) is 0 Å². The lowest BCUT2D eigenvalue weighted by Gasteiger charge is -2.06. The zero-order valence-corrected chi connectivity index (χ0v) is 9.00. The number of likely N-dealkylation sites (N-methyl/N-ethyl adjacent to an activating group) is 1. The molecule has 1 aliphatic heterocycles. The summed E-state index contributed by atoms with van der Waals surface area (Å²) in [5.74, 6) is -0.206. The summed E-state index contributed by atoms with van der Waals surface area (Å²) in [6.07, 6.45) is 3.47. The Morgan fingerprint density at radius 3 is 2.87 bits per heavy atom. The van der Waals surface area contributed by atoms with Gasteiger partial charge in [0, 0.05) is 18.4 Å². The molecular formula is C10H10N2O2S. The predicted molar refractivity (Wildman–Crippen MR) is 59.1 cm³/mol. The third-order valence-corrected chi connectivity index (χ3v) is 3.01. The normalized spacial score (nSPS) is 19.3. The van der Waals surface area contributed by atoms with Crippen LogP contribution in [0.4, 0.5) is 4.79 Å². The summed E-state index contributed by atoms with van der Waals surface area (Å²) in [6, 6.07) is 3.69. The number of rotatable bonds is 2. The zero-order valence-electron chi connectivity index (χ0n) is 8.19. The van der Waals surface area contributed by atoms with Gasteiger partial charge in [-0.05, 0) is 36.9 Å². The van der Waals surface area contributed by atoms with Gasteiger partial charge in [-0.1, -0.05) is 0 Å². The molecule has 0 bridgehead atoms. The topological polar surface area (TPSA) is 53.2 Å². The second kappa shape index (κ2) is 3.94. The molecule has 0 atom stereocenters. The van der Waals surface area contributed by atoms with Crippen molar-refractivity contribution in [3.05, 3.63) is 28.9 Å². The minimum Gasteiger partial charge on any atom is -0.362 e. The molecule has 0 saturated carbocycles. The first-order valence-electron chi connectivity index (χ1n) is 4.61. The highest BCUT2D eigenvalue weighted by molar-refractivity contribution is 8.18. The van der Waals surface area contributed by atoms with Crippen LogP contribution in [-0.2, 0) is 4.79 Å². The third kappa shape index (κ3) is 1.83. The highest BCUT2D eigenvalue weighted by atomic mass is 32.2. The number of hydrogen-bond donors (Lipinski definition) is 1. The zero-order chi connectivity index (χ0) is 10.8. The molecule has 15 heavy (non-hydrogen) atoms. The van der Waals surface area contributed by atoms with E-state index in [1.807, 2.05) is 12.1 Å². The number of H-pyrrole nitrogens is 1. The highest BCUT2D eigenvalue weighted by Gasteiger charge is 2.33. The Bertz CT molecular complexity index is 423. The number of aromatic nitrogens is 1. The summed E-state index contributed by atoms with van der Waals surface area (Å²) < 4.78 is 0. The van der Waals surface area contributed by atoms with E-state index in [1.54, 1.807) is 19.2 Å². The summed E-state index contributed by atoms with van der Waals surface area (Å²) in [4.78, 5) is 27.7. The van der Waals surface area contributed by atoms with Crippen LogP contribution in [0.3, 0.4) is 0 Å². The molecule has 78 valence electrons. The molecule has 5 heteroatoms. The van der Waals surface area contributed by atoms with E-state index in [9.17, 15) is 9.59 Å². The third-order valence-electron chi connectivity index (χ3n) is 2.10. The van der Waals surface area contributed by atoms with E-state index in [0.717, 1.165) is 17.5 Å². The van der Waals surface area contributed by atoms with Gasteiger partial charge in [0.25, 0.3) is 11.1 Å². The minimum absolute atomic E-state index is 0.194. The maximum Gasteiger partial charge on any atom is 0.293 e. The number of nitrogens with one attached hydrogen (secondary N) is 1. The number of hydrogen-bond acceptors (Lipinski definition) is 3. The van der Waals surface area contributed by atoms with Crippen LogP contribution in [0.1, 0.15) is 12.6 Å². The van der Waals surface area contributed by atoms with Crippen molar-refractivity contribution in [3.63, 3.8) is 0 Å². The first-order valence-corrected chi connectivity index (χ1v) is 5.42. The van der Waals surface area contributed by atoms with Crippen LogP contribution in [0.5, 0.6) is 0 Å². The second-order valence-electron chi connectivity index (χ2n) is 3.05. The Balaban J connectivity index is 2.26. The molecule has 0 unspecified atom stereocenters. The number of imide groups is 1. The van der Waals surface area contributed by atoms with Gasteiger partial charge in [-0.3, -0.25) is 14.5 Å². The lowest BCUT2D eigenvalue weighted by atomic mass is 10.3. The molecule has 1 fully saturated rings. The average molecular weight is 222 g/mol. The summed E-state index contributed by atoms with van der Waals surface area (Å²) in [5, 5.41) is -0.194. The minimum atomic E-state index is -0.206. The Morgan fingerprint density at radius 2 is 2.33 bits per heavy atom. The summed E-state index contributed by atoms with van der Waals surface area (Å²) >= 11 is 0.983. The van der Waals surface area contributed by atoms with Gasteiger partial charge in [0.15, 0.2) is 0 Å². The van der Waals surface area contributed by atoms with Crippen molar-refractivity contribution in [2.24, 2.45) is 0 Å². The monoisotopic (exact) mass is 222 g/mol. The molecule has 1 N–H and O–H groups in total. The lowest BCUT2D eigenvalue weighted by Crippen LogP contribution is -2.27. The fourth-order valence-corrected chi connectivity index (χ4v) is 2.24. The summed E-state index contributed by atoms with van der Waals surface area (Å²) in [7, 11) is 0. The lowest BCUT2D eigenvalue weighted by molar-refractivity contribution is -0.122. The first kappa shape index (κ1) is 10.0. The fourth-order valence-electron chi connectivity index (χ4n) is 1.35. The van der Waals surface area contributed by atoms with Crippen molar-refractivity contribution in [1.29, 1.82) is 0 Å². The molecule has 0 aliphatic carbocycles. The molecule has 1 aromatic rings. The Morgan fingerprint density at radius 1 is 1.53 bits per heavy atom. The molecule has 2 rings (SSSR count). The molecule has 1 aromatic heterocycles. The van der Waals surface area contributed by atoms with E-state index in [1.165, 1.54) is 4.90 Å². The van der Waals surface area contributed by atoms with Gasteiger partial charge in [0.2, 0.25) is 0 Å². The van der Waals surface area contributed by atoms with Crippen LogP contribution in [-0.4, -0.2) is 27.6 Å². The van der Waals surface area contributed by atoms with Crippen LogP contribution < -0.4 is 0 Å². The number of aromatic amines is 1. The number of carbonyl (C=O) groups excluding carboxylic acids is 2. The van der Waals surface area contributed by atoms with Crippen molar-refractivity contribution >= 4 is 29.0 Å². The van der Waals surface area contributed by atoms with Gasteiger partial charge < -0.3 is 4.98 Å². The molecule has 4 nitrogen and oxygen atoms in total. The molecule has 2 amide bonds. The Hall–Kier alpha value is -1.49. The van der Waals surface area contributed by atoms with Crippen molar-refractivity contribution in [1.82, 2.24) is 9.88 Å². The number of thioether (sulfide) groups is 1. The van der Waals surface area contributed by atoms with Gasteiger partial charge >= 0.3 is 0 Å². The SMILES string of the molecule is CCN1C(=O)S/C(=C/c2ccc[nH]2)C1=O. The van der Waals surface area contributed by atoms with Crippen molar-refractivity contribution in [3.8, 4) is 0 Å². The first-order chi connectivity index (χ1) is 7.22. The van der Waals surface area contributed by atoms with Gasteiger partial charge in [0.05, 0.1) is 4.91 Å². The van der Waals surface area contributed by atoms with E-state index in [0.29, 0.717) is 11.4 Å². The predicted octanol–water partition coefficient (Wildman–Crippen LogP) is 2.07. The largest absolute Gasteiger partial charge is 0.362 e. The second-order valence-corrected chi connectivity index (χ2v) is 4.04. The van der Waals surface area contributed by atoms with Crippen LogP contribution >= 0.6 is 11.8 Å². The van der Waals surface area contributed by atoms with E-state index in [-0.39, 0.29) is 11.1 Å². The average Bonchev–Trinajstić information content (AvgIpc) is 2.78. The number of carbonyl (C=O) groups is 2. The maximum absolute atomic E-state index is 11.7. The van der Waals surface area contributed by atoms with E-state index in [4.69, 9.17) is 0 Å². The van der Waals surface area contributed by atoms with Crippen molar-refractivity contribution in [2.45, 2.75) is 6.92 Å². The van der Waals surface area contributed by atoms with E-state index < -0.39 is 0 Å². The van der Waals surface area contributed by atoms with Gasteiger partial charge in [-0.15, -0.1) is 0 Å². The van der Waals surface area contributed by atoms with Crippen molar-refractivity contribution < 1.29 is 9.59 Å². The highest BCUT2D eigenvalue weighted by Crippen LogP contribution is 2.31. The quantitative estimate of drug-likeness (QED) is 0.779. The molecule has 2 heterocycles. The molecule has 0 spiro atoms. The maximum atomic E-state index is 11.7. The van der Waals surface area contributed by atoms with Crippen LogP contribution in [0, 0.1) is 0 Å². The molecule has 1 aliphatic rings. The van der Waals surface area contributed by atoms with Gasteiger partial charge in [-0.2, -0.15) is 0 Å². The standard InChI is InChI=1S/C10H10N2O2S/c1-2-12-9(13)8(15-10(12)14)6-7-4-3-5-11-7/h3-6,11H,2H2,1H3/b8-6+. The Labute approximate surface area is 91.3 Å². The van der Waals surface area contributed by atoms with Crippen molar-refractivity contribution in [2.75, 3.05) is 6.54 Å². The summed E-state index contributed by atoms with van der Waals surface area (Å²) in [5.41, 5.74) is 0.830. The fraction of sp³-hybridized carbons (Fsp3) is 0.200. The van der Waals surface area contributed by atoms with E-state index >= 15 is 0 Å². The molecule has 0 aromatic carbocycles. The molecular weight excluding hydrogens is 212 g/mol. The van der Waals surface area contributed by atoms with Crippen LogP contribution in [0.15, 0.2) is 23.2 Å². The smallest absolute Gasteiger partial charge is 0.293 e. The van der Waals surface area contributed by atoms with Crippen LogP contribution in [0.25, 0.3) is 6.08 Å². The van der Waals surface area contributed by atoms with Gasteiger partial charge in [-0.25, -0.2) is 0 Å². The van der Waals surface area contributed by atoms with E-state index in [2.05, 4.69) is 4.98 Å². The van der Waals surface area contributed by atoms with Gasteiger partial charge in [0.1, 0.15) is 0 Å².